The van der Waals surface area contributed by atoms with Gasteiger partial charge in [0.2, 0.25) is 0 Å². The summed E-state index contributed by atoms with van der Waals surface area (Å²) in [6.07, 6.45) is 2.88. The van der Waals surface area contributed by atoms with Gasteiger partial charge in [0, 0.05) is 11.3 Å². The summed E-state index contributed by atoms with van der Waals surface area (Å²) in [5.41, 5.74) is 2.19. The van der Waals surface area contributed by atoms with Crippen molar-refractivity contribution in [2.75, 3.05) is 16.8 Å². The average molecular weight is 456 g/mol. The zero-order valence-corrected chi connectivity index (χ0v) is 18.7. The second-order valence-corrected chi connectivity index (χ2v) is 7.92. The van der Waals surface area contributed by atoms with E-state index in [2.05, 4.69) is 12.2 Å². The first-order chi connectivity index (χ1) is 16.5. The molecule has 1 N–H and O–H groups in total. The lowest BCUT2D eigenvalue weighted by Gasteiger charge is -2.15. The summed E-state index contributed by atoms with van der Waals surface area (Å²) in [6, 6.07) is 19.4. The fourth-order valence-corrected chi connectivity index (χ4v) is 3.70. The number of nitrogens with zero attached hydrogens (tertiary/aromatic N) is 1. The minimum absolute atomic E-state index is 0.286. The van der Waals surface area contributed by atoms with Gasteiger partial charge in [-0.15, -0.1) is 0 Å². The molecule has 0 saturated carbocycles. The second kappa shape index (κ2) is 10.1. The number of benzene rings is 3. The van der Waals surface area contributed by atoms with Gasteiger partial charge >= 0.3 is 5.97 Å². The Morgan fingerprint density at radius 3 is 2.15 bits per heavy atom. The van der Waals surface area contributed by atoms with Crippen LogP contribution in [0.25, 0.3) is 0 Å². The van der Waals surface area contributed by atoms with Crippen molar-refractivity contribution >= 4 is 35.1 Å². The maximum Gasteiger partial charge on any atom is 0.338 e. The molecule has 0 fully saturated rings. The molecule has 172 valence electrons. The van der Waals surface area contributed by atoms with Crippen LogP contribution in [0.4, 0.5) is 11.4 Å². The van der Waals surface area contributed by atoms with Gasteiger partial charge in [-0.05, 0) is 61.0 Å². The Morgan fingerprint density at radius 2 is 1.50 bits per heavy atom. The molecule has 1 heterocycles. The number of hydrogen-bond donors (Lipinski definition) is 1. The van der Waals surface area contributed by atoms with Crippen LogP contribution in [-0.2, 0) is 4.74 Å². The lowest BCUT2D eigenvalue weighted by atomic mass is 10.1. The molecular formula is C27H24N2O5. The Hall–Kier alpha value is -4.26. The standard InChI is InChI=1S/C27H24N2O5/c1-2-3-6-16-34-27(33)18-12-14-20(15-13-18)28-24(30)19-8-7-9-21(17-19)29-25(31)22-10-4-5-11-23(22)26(29)32/h4-5,7-15,17H,2-3,6,16H2,1H3,(H,28,30). The number of imide groups is 1. The normalized spacial score (nSPS) is 12.4. The molecule has 3 amide bonds. The molecule has 34 heavy (non-hydrogen) atoms. The van der Waals surface area contributed by atoms with Gasteiger partial charge in [-0.3, -0.25) is 14.4 Å². The first-order valence-corrected chi connectivity index (χ1v) is 11.2. The van der Waals surface area contributed by atoms with Gasteiger partial charge in [0.1, 0.15) is 0 Å². The third-order valence-electron chi connectivity index (χ3n) is 5.52. The van der Waals surface area contributed by atoms with E-state index in [1.165, 1.54) is 6.07 Å². The third-order valence-corrected chi connectivity index (χ3v) is 5.52. The Morgan fingerprint density at radius 1 is 0.824 bits per heavy atom. The first kappa shape index (κ1) is 22.9. The quantitative estimate of drug-likeness (QED) is 0.290. The summed E-state index contributed by atoms with van der Waals surface area (Å²) in [7, 11) is 0. The van der Waals surface area contributed by atoms with Crippen molar-refractivity contribution in [1.82, 2.24) is 0 Å². The van der Waals surface area contributed by atoms with E-state index >= 15 is 0 Å². The number of carbonyl (C=O) groups is 4. The van der Waals surface area contributed by atoms with Crippen molar-refractivity contribution in [2.45, 2.75) is 26.2 Å². The number of rotatable bonds is 8. The molecule has 3 aromatic carbocycles. The van der Waals surface area contributed by atoms with Crippen LogP contribution in [0.2, 0.25) is 0 Å². The van der Waals surface area contributed by atoms with Crippen molar-refractivity contribution in [3.05, 3.63) is 95.1 Å². The minimum Gasteiger partial charge on any atom is -0.462 e. The van der Waals surface area contributed by atoms with Gasteiger partial charge in [0.15, 0.2) is 0 Å². The molecular weight excluding hydrogens is 432 g/mol. The molecule has 7 nitrogen and oxygen atoms in total. The number of unbranched alkanes of at least 4 members (excludes halogenated alkanes) is 2. The highest BCUT2D eigenvalue weighted by Gasteiger charge is 2.36. The molecule has 0 spiro atoms. The Labute approximate surface area is 197 Å². The number of ether oxygens (including phenoxy) is 1. The Balaban J connectivity index is 1.43. The van der Waals surface area contributed by atoms with E-state index in [4.69, 9.17) is 4.74 Å². The van der Waals surface area contributed by atoms with Crippen LogP contribution in [0, 0.1) is 0 Å². The number of nitrogens with one attached hydrogen (secondary N) is 1. The van der Waals surface area contributed by atoms with Crippen LogP contribution in [0.15, 0.2) is 72.8 Å². The molecule has 0 atom stereocenters. The first-order valence-electron chi connectivity index (χ1n) is 11.2. The highest BCUT2D eigenvalue weighted by atomic mass is 16.5. The molecule has 1 aliphatic heterocycles. The predicted octanol–water partition coefficient (Wildman–Crippen LogP) is 5.09. The molecule has 0 aliphatic carbocycles. The van der Waals surface area contributed by atoms with E-state index in [1.54, 1.807) is 66.7 Å². The average Bonchev–Trinajstić information content (AvgIpc) is 3.12. The second-order valence-electron chi connectivity index (χ2n) is 7.92. The molecule has 0 saturated heterocycles. The number of carbonyl (C=O) groups excluding carboxylic acids is 4. The van der Waals surface area contributed by atoms with Crippen molar-refractivity contribution in [3.8, 4) is 0 Å². The molecule has 4 rings (SSSR count). The van der Waals surface area contributed by atoms with E-state index in [0.29, 0.717) is 34.7 Å². The largest absolute Gasteiger partial charge is 0.462 e. The molecule has 0 aromatic heterocycles. The zero-order chi connectivity index (χ0) is 24.1. The highest BCUT2D eigenvalue weighted by molar-refractivity contribution is 6.34. The van der Waals surface area contributed by atoms with Crippen LogP contribution in [0.1, 0.15) is 67.6 Å². The zero-order valence-electron chi connectivity index (χ0n) is 18.7. The SMILES string of the molecule is CCCCCOC(=O)c1ccc(NC(=O)c2cccc(N3C(=O)c4ccccc4C3=O)c2)cc1. The number of amides is 3. The van der Waals surface area contributed by atoms with E-state index in [9.17, 15) is 19.2 Å². The number of anilines is 2. The Bertz CT molecular complexity index is 1210. The summed E-state index contributed by atoms with van der Waals surface area (Å²) < 4.78 is 5.24. The van der Waals surface area contributed by atoms with Crippen LogP contribution in [0.5, 0.6) is 0 Å². The molecule has 3 aromatic rings. The minimum atomic E-state index is -0.421. The van der Waals surface area contributed by atoms with Gasteiger partial charge < -0.3 is 10.1 Å². The maximum atomic E-state index is 12.8. The van der Waals surface area contributed by atoms with Crippen LogP contribution in [-0.4, -0.2) is 30.3 Å². The topological polar surface area (TPSA) is 92.8 Å². The lowest BCUT2D eigenvalue weighted by Crippen LogP contribution is -2.29. The van der Waals surface area contributed by atoms with E-state index in [-0.39, 0.29) is 5.56 Å². The molecule has 0 bridgehead atoms. The van der Waals surface area contributed by atoms with Gasteiger partial charge in [0.25, 0.3) is 17.7 Å². The number of hydrogen-bond acceptors (Lipinski definition) is 5. The molecule has 1 aliphatic rings. The lowest BCUT2D eigenvalue weighted by molar-refractivity contribution is 0.0498. The van der Waals surface area contributed by atoms with Gasteiger partial charge in [0.05, 0.1) is 29.0 Å². The van der Waals surface area contributed by atoms with Gasteiger partial charge in [-0.25, -0.2) is 9.69 Å². The number of fused-ring (bicyclic) bond motifs is 1. The van der Waals surface area contributed by atoms with Crippen molar-refractivity contribution in [1.29, 1.82) is 0 Å². The molecule has 0 radical (unpaired) electrons. The predicted molar refractivity (Wildman–Crippen MR) is 128 cm³/mol. The van der Waals surface area contributed by atoms with Crippen molar-refractivity contribution in [2.24, 2.45) is 0 Å². The highest BCUT2D eigenvalue weighted by Crippen LogP contribution is 2.29. The van der Waals surface area contributed by atoms with Crippen molar-refractivity contribution in [3.63, 3.8) is 0 Å². The maximum absolute atomic E-state index is 12.8. The van der Waals surface area contributed by atoms with Gasteiger partial charge in [-0.1, -0.05) is 38.0 Å². The van der Waals surface area contributed by atoms with Crippen LogP contribution < -0.4 is 10.2 Å². The molecule has 0 unspecified atom stereocenters. The summed E-state index contributed by atoms with van der Waals surface area (Å²) in [6.45, 7) is 2.46. The summed E-state index contributed by atoms with van der Waals surface area (Å²) >= 11 is 0. The smallest absolute Gasteiger partial charge is 0.338 e. The fourth-order valence-electron chi connectivity index (χ4n) is 3.70. The fraction of sp³-hybridized carbons (Fsp3) is 0.185. The van der Waals surface area contributed by atoms with Crippen LogP contribution in [0.3, 0.4) is 0 Å². The Kier molecular flexibility index (Phi) is 6.82. The van der Waals surface area contributed by atoms with E-state index in [0.717, 1.165) is 24.2 Å². The number of esters is 1. The monoisotopic (exact) mass is 456 g/mol. The molecule has 7 heteroatoms. The van der Waals surface area contributed by atoms with Crippen molar-refractivity contribution < 1.29 is 23.9 Å². The van der Waals surface area contributed by atoms with Gasteiger partial charge in [-0.2, -0.15) is 0 Å². The van der Waals surface area contributed by atoms with E-state index < -0.39 is 23.7 Å². The summed E-state index contributed by atoms with van der Waals surface area (Å²) in [5.74, 6) is -1.65. The third kappa shape index (κ3) is 4.73. The van der Waals surface area contributed by atoms with Crippen LogP contribution >= 0.6 is 0 Å². The summed E-state index contributed by atoms with van der Waals surface area (Å²) in [5, 5.41) is 2.76. The van der Waals surface area contributed by atoms with E-state index in [1.807, 2.05) is 0 Å². The summed E-state index contributed by atoms with van der Waals surface area (Å²) in [4.78, 5) is 51.4.